The van der Waals surface area contributed by atoms with Gasteiger partial charge in [0.2, 0.25) is 0 Å². The average molecular weight is 547 g/mol. The maximum absolute atomic E-state index is 12.8. The van der Waals surface area contributed by atoms with Crippen molar-refractivity contribution in [3.05, 3.63) is 88.4 Å². The Bertz CT molecular complexity index is 1350. The number of hydrazone groups is 1. The van der Waals surface area contributed by atoms with E-state index in [0.29, 0.717) is 16.8 Å². The molecule has 0 spiro atoms. The number of halogens is 4. The number of rotatable bonds is 8. The normalized spacial score (nSPS) is 11.2. The van der Waals surface area contributed by atoms with Gasteiger partial charge in [0.05, 0.1) is 11.8 Å². The van der Waals surface area contributed by atoms with Crippen LogP contribution in [0.15, 0.2) is 71.8 Å². The van der Waals surface area contributed by atoms with E-state index in [-0.39, 0.29) is 23.6 Å². The lowest BCUT2D eigenvalue weighted by atomic mass is 10.1. The minimum Gasteiger partial charge on any atom is -0.483 e. The molecule has 0 aromatic heterocycles. The molecular formula is C26H22ClF3N4O4. The van der Waals surface area contributed by atoms with Gasteiger partial charge >= 0.3 is 18.0 Å². The van der Waals surface area contributed by atoms with Crippen LogP contribution in [0.4, 0.5) is 24.5 Å². The van der Waals surface area contributed by atoms with E-state index in [1.807, 2.05) is 24.5 Å². The van der Waals surface area contributed by atoms with Gasteiger partial charge in [-0.25, -0.2) is 5.43 Å². The number of ether oxygens (including phenoxy) is 1. The lowest BCUT2D eigenvalue weighted by Gasteiger charge is -2.10. The first-order valence-corrected chi connectivity index (χ1v) is 11.6. The van der Waals surface area contributed by atoms with Gasteiger partial charge in [0.25, 0.3) is 5.91 Å². The number of carbonyl (C=O) groups excluding carboxylic acids is 3. The molecule has 0 bridgehead atoms. The third-order valence-electron chi connectivity index (χ3n) is 5.00. The van der Waals surface area contributed by atoms with Crippen LogP contribution >= 0.6 is 11.6 Å². The molecule has 3 amide bonds. The highest BCUT2D eigenvalue weighted by molar-refractivity contribution is 6.39. The maximum Gasteiger partial charge on any atom is 0.416 e. The molecule has 12 heteroatoms. The van der Waals surface area contributed by atoms with E-state index in [0.717, 1.165) is 30.3 Å². The van der Waals surface area contributed by atoms with Crippen LogP contribution in [0.25, 0.3) is 0 Å². The van der Waals surface area contributed by atoms with Crippen molar-refractivity contribution in [3.63, 3.8) is 0 Å². The molecule has 0 aliphatic rings. The molecule has 0 atom stereocenters. The Balaban J connectivity index is 1.57. The van der Waals surface area contributed by atoms with E-state index in [9.17, 15) is 27.6 Å². The molecule has 0 saturated heterocycles. The van der Waals surface area contributed by atoms with E-state index in [1.165, 1.54) is 24.3 Å². The second-order valence-corrected chi connectivity index (χ2v) is 8.24. The standard InChI is InChI=1S/C26H22ClF3N4O4/c1-2-16-6-9-20(10-7-16)32-23(35)15-38-22-11-8-19(27)12-17(22)14-31-34-25(37)24(36)33-21-5-3-4-18(13-21)26(28,29)30/h3-14H,2,15H2,1H3,(H,32,35)(H,33,36)(H,34,37)/b31-14-. The molecule has 0 fully saturated rings. The van der Waals surface area contributed by atoms with Crippen molar-refractivity contribution in [1.29, 1.82) is 0 Å². The molecule has 0 aliphatic carbocycles. The van der Waals surface area contributed by atoms with Gasteiger partial charge in [-0.15, -0.1) is 0 Å². The summed E-state index contributed by atoms with van der Waals surface area (Å²) in [6, 6.07) is 15.7. The summed E-state index contributed by atoms with van der Waals surface area (Å²) in [6.07, 6.45) is -2.60. The first-order chi connectivity index (χ1) is 18.0. The maximum atomic E-state index is 12.8. The van der Waals surface area contributed by atoms with Gasteiger partial charge in [-0.2, -0.15) is 18.3 Å². The number of amides is 3. The number of nitrogens with one attached hydrogen (secondary N) is 3. The largest absolute Gasteiger partial charge is 0.483 e. The van der Waals surface area contributed by atoms with Crippen LogP contribution in [0, 0.1) is 0 Å². The predicted octanol–water partition coefficient (Wildman–Crippen LogP) is 5.03. The molecule has 8 nitrogen and oxygen atoms in total. The highest BCUT2D eigenvalue weighted by atomic mass is 35.5. The molecule has 198 valence electrons. The van der Waals surface area contributed by atoms with Gasteiger partial charge in [-0.05, 0) is 60.5 Å². The number of anilines is 2. The zero-order chi connectivity index (χ0) is 27.7. The lowest BCUT2D eigenvalue weighted by molar-refractivity contribution is -0.137. The van der Waals surface area contributed by atoms with Crippen LogP contribution in [0.3, 0.4) is 0 Å². The van der Waals surface area contributed by atoms with Crippen LogP contribution in [-0.4, -0.2) is 30.5 Å². The molecule has 3 aromatic rings. The fourth-order valence-corrected chi connectivity index (χ4v) is 3.27. The lowest BCUT2D eigenvalue weighted by Crippen LogP contribution is -2.32. The molecule has 0 radical (unpaired) electrons. The highest BCUT2D eigenvalue weighted by Gasteiger charge is 2.30. The second kappa shape index (κ2) is 12.7. The molecule has 3 aromatic carbocycles. The molecule has 0 aliphatic heterocycles. The Morgan fingerprint density at radius 3 is 2.37 bits per heavy atom. The molecular weight excluding hydrogens is 525 g/mol. The quantitative estimate of drug-likeness (QED) is 0.209. The minimum atomic E-state index is -4.61. The smallest absolute Gasteiger partial charge is 0.416 e. The van der Waals surface area contributed by atoms with E-state index in [2.05, 4.69) is 15.7 Å². The van der Waals surface area contributed by atoms with Gasteiger partial charge in [0, 0.05) is 22.0 Å². The van der Waals surface area contributed by atoms with Gasteiger partial charge in [-0.1, -0.05) is 36.7 Å². The van der Waals surface area contributed by atoms with E-state index >= 15 is 0 Å². The van der Waals surface area contributed by atoms with Crippen molar-refractivity contribution < 1.29 is 32.3 Å². The van der Waals surface area contributed by atoms with Crippen LogP contribution in [0.2, 0.25) is 5.02 Å². The fourth-order valence-electron chi connectivity index (χ4n) is 3.09. The summed E-state index contributed by atoms with van der Waals surface area (Å²) < 4.78 is 44.0. The summed E-state index contributed by atoms with van der Waals surface area (Å²) >= 11 is 6.01. The van der Waals surface area contributed by atoms with Gasteiger partial charge in [-0.3, -0.25) is 14.4 Å². The predicted molar refractivity (Wildman–Crippen MR) is 137 cm³/mol. The Labute approximate surface area is 220 Å². The van der Waals surface area contributed by atoms with E-state index in [1.54, 1.807) is 12.1 Å². The Hall–Kier alpha value is -4.38. The highest BCUT2D eigenvalue weighted by Crippen LogP contribution is 2.30. The van der Waals surface area contributed by atoms with E-state index in [4.69, 9.17) is 16.3 Å². The Kier molecular flexibility index (Phi) is 9.44. The zero-order valence-electron chi connectivity index (χ0n) is 19.9. The molecule has 3 N–H and O–H groups in total. The number of carbonyl (C=O) groups is 3. The number of hydrogen-bond donors (Lipinski definition) is 3. The number of alkyl halides is 3. The molecule has 0 heterocycles. The summed E-state index contributed by atoms with van der Waals surface area (Å²) in [5.74, 6) is -2.65. The third kappa shape index (κ3) is 8.34. The number of benzene rings is 3. The van der Waals surface area contributed by atoms with Crippen molar-refractivity contribution in [2.75, 3.05) is 17.2 Å². The molecule has 0 unspecified atom stereocenters. The number of nitrogens with zero attached hydrogens (tertiary/aromatic N) is 1. The van der Waals surface area contributed by atoms with Gasteiger partial charge in [0.1, 0.15) is 5.75 Å². The van der Waals surface area contributed by atoms with Crippen molar-refractivity contribution >= 4 is 46.9 Å². The number of aryl methyl sites for hydroxylation is 1. The Morgan fingerprint density at radius 2 is 1.68 bits per heavy atom. The van der Waals surface area contributed by atoms with Crippen LogP contribution < -0.4 is 20.8 Å². The Morgan fingerprint density at radius 1 is 0.947 bits per heavy atom. The van der Waals surface area contributed by atoms with Crippen molar-refractivity contribution in [2.45, 2.75) is 19.5 Å². The van der Waals surface area contributed by atoms with Crippen molar-refractivity contribution in [1.82, 2.24) is 5.43 Å². The molecule has 0 saturated carbocycles. The van der Waals surface area contributed by atoms with Gasteiger partial charge < -0.3 is 15.4 Å². The van der Waals surface area contributed by atoms with E-state index < -0.39 is 29.5 Å². The molecule has 38 heavy (non-hydrogen) atoms. The summed E-state index contributed by atoms with van der Waals surface area (Å²) in [6.45, 7) is 1.69. The van der Waals surface area contributed by atoms with Crippen LogP contribution in [0.5, 0.6) is 5.75 Å². The molecule has 3 rings (SSSR count). The monoisotopic (exact) mass is 546 g/mol. The first kappa shape index (κ1) is 28.2. The summed E-state index contributed by atoms with van der Waals surface area (Å²) in [7, 11) is 0. The summed E-state index contributed by atoms with van der Waals surface area (Å²) in [5, 5.41) is 8.76. The fraction of sp³-hybridized carbons (Fsp3) is 0.154. The zero-order valence-corrected chi connectivity index (χ0v) is 20.7. The summed E-state index contributed by atoms with van der Waals surface area (Å²) in [4.78, 5) is 36.3. The van der Waals surface area contributed by atoms with Crippen LogP contribution in [0.1, 0.15) is 23.6 Å². The average Bonchev–Trinajstić information content (AvgIpc) is 2.88. The third-order valence-corrected chi connectivity index (χ3v) is 5.24. The van der Waals surface area contributed by atoms with Gasteiger partial charge in [0.15, 0.2) is 6.61 Å². The number of hydrogen-bond acceptors (Lipinski definition) is 5. The van der Waals surface area contributed by atoms with Crippen molar-refractivity contribution in [3.8, 4) is 5.75 Å². The minimum absolute atomic E-state index is 0.214. The SMILES string of the molecule is CCc1ccc(NC(=O)COc2ccc(Cl)cc2/C=N\NC(=O)C(=O)Nc2cccc(C(F)(F)F)c2)cc1. The topological polar surface area (TPSA) is 109 Å². The first-order valence-electron chi connectivity index (χ1n) is 11.2. The second-order valence-electron chi connectivity index (χ2n) is 7.80. The summed E-state index contributed by atoms with van der Waals surface area (Å²) in [5.41, 5.74) is 2.80. The van der Waals surface area contributed by atoms with Crippen LogP contribution in [-0.2, 0) is 27.0 Å². The van der Waals surface area contributed by atoms with Crippen molar-refractivity contribution in [2.24, 2.45) is 5.10 Å².